The lowest BCUT2D eigenvalue weighted by Gasteiger charge is -2.03. The van der Waals surface area contributed by atoms with Gasteiger partial charge in [-0.15, -0.1) is 0 Å². The first-order chi connectivity index (χ1) is 12.7. The van der Waals surface area contributed by atoms with Gasteiger partial charge in [0.25, 0.3) is 0 Å². The second-order valence-corrected chi connectivity index (χ2v) is 6.30. The topological polar surface area (TPSA) is 71.8 Å². The number of nitrogens with zero attached hydrogens (tertiary/aromatic N) is 6. The van der Waals surface area contributed by atoms with Gasteiger partial charge < -0.3 is 8.97 Å². The number of rotatable bonds is 2. The van der Waals surface area contributed by atoms with Crippen LogP contribution >= 0.6 is 0 Å². The summed E-state index contributed by atoms with van der Waals surface area (Å²) in [5, 5.41) is 10.1. The van der Waals surface area contributed by atoms with Crippen molar-refractivity contribution in [3.05, 3.63) is 72.1 Å². The van der Waals surface area contributed by atoms with E-state index in [0.717, 1.165) is 39.1 Å². The summed E-state index contributed by atoms with van der Waals surface area (Å²) in [5.41, 5.74) is 5.19. The number of aromatic nitrogens is 5. The van der Waals surface area contributed by atoms with Crippen molar-refractivity contribution in [3.8, 4) is 6.07 Å². The molecule has 0 aliphatic rings. The standard InChI is InChI=1S/C20H14N6/c1-25-19(9-14-12-26-7-3-2-4-18(26)23-14)24-17-11-22-16-6-5-13(10-21)8-15(16)20(17)25/h2-8,11-12H,9H2,1H3. The number of aryl methyl sites for hydroxylation is 1. The molecule has 0 unspecified atom stereocenters. The lowest BCUT2D eigenvalue weighted by molar-refractivity contribution is 0.837. The van der Waals surface area contributed by atoms with E-state index < -0.39 is 0 Å². The van der Waals surface area contributed by atoms with Gasteiger partial charge in [-0.05, 0) is 30.3 Å². The van der Waals surface area contributed by atoms with Crippen LogP contribution in [0.4, 0.5) is 0 Å². The van der Waals surface area contributed by atoms with Gasteiger partial charge in [0.15, 0.2) is 0 Å². The minimum absolute atomic E-state index is 0.620. The zero-order valence-electron chi connectivity index (χ0n) is 14.1. The predicted octanol–water partition coefficient (Wildman–Crippen LogP) is 3.23. The van der Waals surface area contributed by atoms with Crippen LogP contribution in [0, 0.1) is 11.3 Å². The summed E-state index contributed by atoms with van der Waals surface area (Å²) in [7, 11) is 2.00. The second kappa shape index (κ2) is 5.39. The summed E-state index contributed by atoms with van der Waals surface area (Å²) < 4.78 is 4.08. The molecule has 0 fully saturated rings. The molecule has 0 saturated carbocycles. The van der Waals surface area contributed by atoms with E-state index in [0.29, 0.717) is 12.0 Å². The van der Waals surface area contributed by atoms with Crippen LogP contribution in [-0.2, 0) is 13.5 Å². The zero-order valence-corrected chi connectivity index (χ0v) is 14.1. The maximum Gasteiger partial charge on any atom is 0.136 e. The molecular formula is C20H14N6. The highest BCUT2D eigenvalue weighted by atomic mass is 15.1. The van der Waals surface area contributed by atoms with Crippen LogP contribution in [-0.4, -0.2) is 23.9 Å². The molecule has 5 aromatic rings. The van der Waals surface area contributed by atoms with Gasteiger partial charge in [0.2, 0.25) is 0 Å². The zero-order chi connectivity index (χ0) is 17.7. The van der Waals surface area contributed by atoms with E-state index in [1.807, 2.05) is 54.2 Å². The summed E-state index contributed by atoms with van der Waals surface area (Å²) in [6, 6.07) is 13.7. The van der Waals surface area contributed by atoms with E-state index in [-0.39, 0.29) is 0 Å². The summed E-state index contributed by atoms with van der Waals surface area (Å²) >= 11 is 0. The third kappa shape index (κ3) is 2.15. The van der Waals surface area contributed by atoms with Crippen molar-refractivity contribution in [2.24, 2.45) is 7.05 Å². The van der Waals surface area contributed by atoms with Gasteiger partial charge in [0, 0.05) is 31.2 Å². The number of nitriles is 1. The largest absolute Gasteiger partial charge is 0.330 e. The molecular weight excluding hydrogens is 324 g/mol. The van der Waals surface area contributed by atoms with Crippen molar-refractivity contribution in [2.75, 3.05) is 0 Å². The van der Waals surface area contributed by atoms with E-state index in [2.05, 4.69) is 20.6 Å². The highest BCUT2D eigenvalue weighted by Gasteiger charge is 2.14. The van der Waals surface area contributed by atoms with E-state index in [4.69, 9.17) is 4.98 Å². The van der Waals surface area contributed by atoms with E-state index in [1.54, 1.807) is 12.3 Å². The van der Waals surface area contributed by atoms with Crippen molar-refractivity contribution in [1.82, 2.24) is 23.9 Å². The fraction of sp³-hybridized carbons (Fsp3) is 0.100. The quantitative estimate of drug-likeness (QED) is 0.495. The van der Waals surface area contributed by atoms with Crippen molar-refractivity contribution < 1.29 is 0 Å². The van der Waals surface area contributed by atoms with Crippen molar-refractivity contribution in [2.45, 2.75) is 6.42 Å². The number of hydrogen-bond acceptors (Lipinski definition) is 4. The molecule has 6 heteroatoms. The molecule has 6 nitrogen and oxygen atoms in total. The minimum atomic E-state index is 0.620. The number of imidazole rings is 2. The minimum Gasteiger partial charge on any atom is -0.330 e. The molecule has 4 heterocycles. The Morgan fingerprint density at radius 1 is 1.12 bits per heavy atom. The molecule has 1 aromatic carbocycles. The molecule has 0 bridgehead atoms. The van der Waals surface area contributed by atoms with Gasteiger partial charge >= 0.3 is 0 Å². The second-order valence-electron chi connectivity index (χ2n) is 6.30. The Morgan fingerprint density at radius 3 is 2.88 bits per heavy atom. The first-order valence-electron chi connectivity index (χ1n) is 8.30. The van der Waals surface area contributed by atoms with Gasteiger partial charge in [-0.25, -0.2) is 9.97 Å². The van der Waals surface area contributed by atoms with Crippen molar-refractivity contribution in [1.29, 1.82) is 5.26 Å². The summed E-state index contributed by atoms with van der Waals surface area (Å²) in [6.07, 6.45) is 6.43. The van der Waals surface area contributed by atoms with Crippen molar-refractivity contribution in [3.63, 3.8) is 0 Å². The molecule has 0 spiro atoms. The Kier molecular flexibility index (Phi) is 3.03. The number of fused-ring (bicyclic) bond motifs is 4. The summed E-state index contributed by atoms with van der Waals surface area (Å²) in [5.74, 6) is 0.917. The number of benzene rings is 1. The van der Waals surface area contributed by atoms with Crippen LogP contribution in [0.2, 0.25) is 0 Å². The van der Waals surface area contributed by atoms with Gasteiger partial charge in [-0.2, -0.15) is 5.26 Å². The number of pyridine rings is 2. The Balaban J connectivity index is 1.67. The third-order valence-corrected chi connectivity index (χ3v) is 4.67. The lowest BCUT2D eigenvalue weighted by atomic mass is 10.1. The SMILES string of the molecule is Cn1c(Cc2cn3ccccc3n2)nc2cnc3ccc(C#N)cc3c21. The van der Waals surface area contributed by atoms with Crippen LogP contribution in [0.15, 0.2) is 55.0 Å². The highest BCUT2D eigenvalue weighted by Crippen LogP contribution is 2.25. The van der Waals surface area contributed by atoms with E-state index in [1.165, 1.54) is 0 Å². The van der Waals surface area contributed by atoms with E-state index in [9.17, 15) is 5.26 Å². The molecule has 0 amide bonds. The Morgan fingerprint density at radius 2 is 2.04 bits per heavy atom. The van der Waals surface area contributed by atoms with Crippen LogP contribution in [0.5, 0.6) is 0 Å². The highest BCUT2D eigenvalue weighted by molar-refractivity contribution is 6.02. The number of hydrogen-bond donors (Lipinski definition) is 0. The van der Waals surface area contributed by atoms with Crippen LogP contribution in [0.3, 0.4) is 0 Å². The van der Waals surface area contributed by atoms with Gasteiger partial charge in [-0.3, -0.25) is 4.98 Å². The van der Waals surface area contributed by atoms with Crippen LogP contribution in [0.25, 0.3) is 27.6 Å². The Bertz CT molecular complexity index is 1300. The molecule has 0 radical (unpaired) electrons. The molecule has 0 aliphatic heterocycles. The molecule has 0 saturated heterocycles. The summed E-state index contributed by atoms with van der Waals surface area (Å²) in [4.78, 5) is 13.9. The van der Waals surface area contributed by atoms with Gasteiger partial charge in [-0.1, -0.05) is 6.07 Å². The molecule has 26 heavy (non-hydrogen) atoms. The first kappa shape index (κ1) is 14.6. The molecule has 0 aliphatic carbocycles. The molecule has 0 atom stereocenters. The average Bonchev–Trinajstić information content (AvgIpc) is 3.22. The lowest BCUT2D eigenvalue weighted by Crippen LogP contribution is -1.99. The van der Waals surface area contributed by atoms with Crippen molar-refractivity contribution >= 4 is 27.6 Å². The maximum atomic E-state index is 9.20. The van der Waals surface area contributed by atoms with Crippen LogP contribution in [0.1, 0.15) is 17.1 Å². The smallest absolute Gasteiger partial charge is 0.136 e. The normalized spacial score (nSPS) is 11.4. The fourth-order valence-electron chi connectivity index (χ4n) is 3.41. The Labute approximate surface area is 149 Å². The summed E-state index contributed by atoms with van der Waals surface area (Å²) in [6.45, 7) is 0. The first-order valence-corrected chi connectivity index (χ1v) is 8.30. The maximum absolute atomic E-state index is 9.20. The van der Waals surface area contributed by atoms with E-state index >= 15 is 0 Å². The monoisotopic (exact) mass is 338 g/mol. The average molecular weight is 338 g/mol. The van der Waals surface area contributed by atoms with Crippen LogP contribution < -0.4 is 0 Å². The van der Waals surface area contributed by atoms with Gasteiger partial charge in [0.1, 0.15) is 17.0 Å². The molecule has 124 valence electrons. The third-order valence-electron chi connectivity index (χ3n) is 4.67. The fourth-order valence-corrected chi connectivity index (χ4v) is 3.41. The predicted molar refractivity (Wildman–Crippen MR) is 98.7 cm³/mol. The molecule has 5 rings (SSSR count). The Hall–Kier alpha value is -3.72. The van der Waals surface area contributed by atoms with Gasteiger partial charge in [0.05, 0.1) is 34.6 Å². The molecule has 4 aromatic heterocycles. The molecule has 0 N–H and O–H groups in total.